The number of benzene rings is 10. The van der Waals surface area contributed by atoms with Crippen LogP contribution >= 0.6 is 0 Å². The average molecular weight is 873 g/mol. The van der Waals surface area contributed by atoms with Gasteiger partial charge in [0.1, 0.15) is 0 Å². The first-order chi connectivity index (χ1) is 33.2. The van der Waals surface area contributed by atoms with Gasteiger partial charge in [0, 0.05) is 45.0 Å². The first-order valence-corrected chi connectivity index (χ1v) is 23.8. The third kappa shape index (κ3) is 6.95. The SMILES string of the molecule is CC1(C)c2cc(-c3ccc(-c4ccc(N(c5ccccc5)c5ccccc5)cc4)cc3)ccc2-c2ccc(-c3ccc4c(c3)C(C)(C)c3cc(N(c5ccccc5)c5ccccc5)ccc3-4)cc21. The van der Waals surface area contributed by atoms with Gasteiger partial charge in [-0.05, 0) is 169 Å². The second kappa shape index (κ2) is 16.3. The zero-order valence-electron chi connectivity index (χ0n) is 39.0. The zero-order chi connectivity index (χ0) is 46.0. The highest BCUT2D eigenvalue weighted by molar-refractivity contribution is 5.90. The predicted octanol–water partition coefficient (Wildman–Crippen LogP) is 18.2. The molecule has 0 aromatic heterocycles. The monoisotopic (exact) mass is 872 g/mol. The Morgan fingerprint density at radius 3 is 0.824 bits per heavy atom. The molecule has 0 heterocycles. The molecule has 0 amide bonds. The number of nitrogens with zero attached hydrogens (tertiary/aromatic N) is 2. The third-order valence-corrected chi connectivity index (χ3v) is 14.7. The van der Waals surface area contributed by atoms with E-state index in [1.165, 1.54) is 83.6 Å². The summed E-state index contributed by atoms with van der Waals surface area (Å²) in [4.78, 5) is 4.66. The van der Waals surface area contributed by atoms with Gasteiger partial charge in [-0.25, -0.2) is 0 Å². The van der Waals surface area contributed by atoms with E-state index in [1.54, 1.807) is 0 Å². The maximum atomic E-state index is 2.46. The highest BCUT2D eigenvalue weighted by Crippen LogP contribution is 2.54. The fourth-order valence-corrected chi connectivity index (χ4v) is 11.0. The number of para-hydroxylation sites is 4. The Kier molecular flexibility index (Phi) is 9.88. The molecule has 0 saturated carbocycles. The Hall–Kier alpha value is -8.20. The summed E-state index contributed by atoms with van der Waals surface area (Å²) in [7, 11) is 0. The van der Waals surface area contributed by atoms with Crippen LogP contribution in [0.3, 0.4) is 0 Å². The molecule has 2 aliphatic rings. The molecule has 0 aliphatic heterocycles. The summed E-state index contributed by atoms with van der Waals surface area (Å²) in [5.41, 5.74) is 24.7. The van der Waals surface area contributed by atoms with Crippen molar-refractivity contribution in [3.8, 4) is 55.6 Å². The van der Waals surface area contributed by atoms with Gasteiger partial charge >= 0.3 is 0 Å². The van der Waals surface area contributed by atoms with Crippen molar-refractivity contribution >= 4 is 34.1 Å². The van der Waals surface area contributed by atoms with Crippen LogP contribution in [-0.2, 0) is 10.8 Å². The minimum absolute atomic E-state index is 0.155. The fourth-order valence-electron chi connectivity index (χ4n) is 11.0. The summed E-state index contributed by atoms with van der Waals surface area (Å²) in [6.45, 7) is 9.56. The van der Waals surface area contributed by atoms with Gasteiger partial charge in [-0.3, -0.25) is 0 Å². The molecule has 0 bridgehead atoms. The summed E-state index contributed by atoms with van der Waals surface area (Å²) < 4.78 is 0. The molecule has 0 atom stereocenters. The summed E-state index contributed by atoms with van der Waals surface area (Å²) in [6, 6.07) is 88.9. The maximum Gasteiger partial charge on any atom is 0.0465 e. The van der Waals surface area contributed by atoms with Gasteiger partial charge < -0.3 is 9.80 Å². The summed E-state index contributed by atoms with van der Waals surface area (Å²) in [5.74, 6) is 0. The largest absolute Gasteiger partial charge is 0.311 e. The van der Waals surface area contributed by atoms with E-state index < -0.39 is 0 Å². The highest BCUT2D eigenvalue weighted by Gasteiger charge is 2.38. The normalized spacial score (nSPS) is 13.5. The van der Waals surface area contributed by atoms with Crippen molar-refractivity contribution in [1.29, 1.82) is 0 Å². The molecule has 0 unspecified atom stereocenters. The van der Waals surface area contributed by atoms with Crippen molar-refractivity contribution in [3.63, 3.8) is 0 Å². The fraction of sp³-hybridized carbons (Fsp3) is 0.0909. The third-order valence-electron chi connectivity index (χ3n) is 14.7. The molecular formula is C66H52N2. The molecular weight excluding hydrogens is 821 g/mol. The minimum atomic E-state index is -0.172. The van der Waals surface area contributed by atoms with Crippen molar-refractivity contribution in [1.82, 2.24) is 0 Å². The van der Waals surface area contributed by atoms with Gasteiger partial charge in [-0.15, -0.1) is 0 Å². The Morgan fingerprint density at radius 1 is 0.221 bits per heavy atom. The predicted molar refractivity (Wildman–Crippen MR) is 287 cm³/mol. The maximum absolute atomic E-state index is 2.46. The van der Waals surface area contributed by atoms with Gasteiger partial charge in [0.15, 0.2) is 0 Å². The molecule has 0 spiro atoms. The molecule has 0 fully saturated rings. The van der Waals surface area contributed by atoms with Crippen LogP contribution in [0.4, 0.5) is 34.1 Å². The van der Waals surface area contributed by atoms with Gasteiger partial charge in [0.2, 0.25) is 0 Å². The van der Waals surface area contributed by atoms with E-state index in [0.29, 0.717) is 0 Å². The van der Waals surface area contributed by atoms with Crippen LogP contribution in [0.25, 0.3) is 55.6 Å². The molecule has 0 radical (unpaired) electrons. The molecule has 12 rings (SSSR count). The van der Waals surface area contributed by atoms with E-state index >= 15 is 0 Å². The second-order valence-corrected chi connectivity index (χ2v) is 19.4. The Labute approximate surface area is 401 Å². The topological polar surface area (TPSA) is 6.48 Å². The lowest BCUT2D eigenvalue weighted by molar-refractivity contribution is 0.659. The van der Waals surface area contributed by atoms with Crippen LogP contribution in [0.5, 0.6) is 0 Å². The first kappa shape index (κ1) is 41.2. The van der Waals surface area contributed by atoms with E-state index in [-0.39, 0.29) is 10.8 Å². The number of hydrogen-bond acceptors (Lipinski definition) is 2. The summed E-state index contributed by atoms with van der Waals surface area (Å²) in [5, 5.41) is 0. The van der Waals surface area contributed by atoms with Crippen molar-refractivity contribution in [3.05, 3.63) is 265 Å². The van der Waals surface area contributed by atoms with Crippen molar-refractivity contribution in [2.45, 2.75) is 38.5 Å². The first-order valence-electron chi connectivity index (χ1n) is 23.8. The quantitative estimate of drug-likeness (QED) is 0.143. The number of hydrogen-bond donors (Lipinski definition) is 0. The van der Waals surface area contributed by atoms with E-state index in [0.717, 1.165) is 28.4 Å². The van der Waals surface area contributed by atoms with Crippen LogP contribution in [0, 0.1) is 0 Å². The summed E-state index contributed by atoms with van der Waals surface area (Å²) >= 11 is 0. The van der Waals surface area contributed by atoms with Crippen LogP contribution in [0.1, 0.15) is 49.9 Å². The number of anilines is 6. The Bertz CT molecular complexity index is 3380. The van der Waals surface area contributed by atoms with Crippen LogP contribution in [0.15, 0.2) is 243 Å². The smallest absolute Gasteiger partial charge is 0.0465 e. The minimum Gasteiger partial charge on any atom is -0.311 e. The number of rotatable bonds is 9. The van der Waals surface area contributed by atoms with E-state index in [1.807, 2.05) is 0 Å². The van der Waals surface area contributed by atoms with E-state index in [9.17, 15) is 0 Å². The van der Waals surface area contributed by atoms with E-state index in [4.69, 9.17) is 0 Å². The van der Waals surface area contributed by atoms with Crippen LogP contribution in [0.2, 0.25) is 0 Å². The molecule has 10 aromatic rings. The van der Waals surface area contributed by atoms with Gasteiger partial charge in [-0.1, -0.05) is 179 Å². The molecule has 2 aliphatic carbocycles. The number of fused-ring (bicyclic) bond motifs is 6. The highest BCUT2D eigenvalue weighted by atomic mass is 15.1. The molecule has 10 aromatic carbocycles. The van der Waals surface area contributed by atoms with Crippen molar-refractivity contribution in [2.75, 3.05) is 9.80 Å². The lowest BCUT2D eigenvalue weighted by atomic mass is 9.80. The molecule has 326 valence electrons. The van der Waals surface area contributed by atoms with E-state index in [2.05, 4.69) is 280 Å². The molecule has 0 saturated heterocycles. The Balaban J connectivity index is 0.803. The van der Waals surface area contributed by atoms with Gasteiger partial charge in [0.05, 0.1) is 0 Å². The summed E-state index contributed by atoms with van der Waals surface area (Å²) in [6.07, 6.45) is 0. The van der Waals surface area contributed by atoms with Crippen LogP contribution in [-0.4, -0.2) is 0 Å². The van der Waals surface area contributed by atoms with Crippen molar-refractivity contribution in [2.24, 2.45) is 0 Å². The molecule has 2 heteroatoms. The molecule has 68 heavy (non-hydrogen) atoms. The van der Waals surface area contributed by atoms with Crippen LogP contribution < -0.4 is 9.80 Å². The second-order valence-electron chi connectivity index (χ2n) is 19.4. The molecule has 2 nitrogen and oxygen atoms in total. The average Bonchev–Trinajstić information content (AvgIpc) is 3.76. The lowest BCUT2D eigenvalue weighted by Crippen LogP contribution is -2.16. The standard InChI is InChI=1S/C66H52N2/c1-65(2)61-41-48(47-27-25-45(26-28-47)46-29-34-55(35-30-46)67(51-17-9-5-10-18-51)52-19-11-6-12-20-52)31-37-57(61)58-38-32-49(42-62(58)65)50-33-39-59-60-40-36-56(44-64(60)66(3,4)63(59)43-50)68(53-21-13-7-14-22-53)54-23-15-8-16-24-54/h5-44H,1-4H3. The van der Waals surface area contributed by atoms with Gasteiger partial charge in [-0.2, -0.15) is 0 Å². The van der Waals surface area contributed by atoms with Crippen molar-refractivity contribution < 1.29 is 0 Å². The lowest BCUT2D eigenvalue weighted by Gasteiger charge is -2.28. The Morgan fingerprint density at radius 2 is 0.456 bits per heavy atom. The molecule has 0 N–H and O–H groups in total. The van der Waals surface area contributed by atoms with Gasteiger partial charge in [0.25, 0.3) is 0 Å². The zero-order valence-corrected chi connectivity index (χ0v) is 39.0.